The van der Waals surface area contributed by atoms with Gasteiger partial charge < -0.3 is 9.84 Å². The highest BCUT2D eigenvalue weighted by Crippen LogP contribution is 2.15. The first-order valence-electron chi connectivity index (χ1n) is 6.81. The lowest BCUT2D eigenvalue weighted by Crippen LogP contribution is -2.09. The molecule has 1 unspecified atom stereocenters. The maximum absolute atomic E-state index is 5.29. The molecule has 1 atom stereocenters. The van der Waals surface area contributed by atoms with Gasteiger partial charge in [-0.3, -0.25) is 4.98 Å². The molecule has 1 saturated heterocycles. The van der Waals surface area contributed by atoms with Crippen LogP contribution in [0.2, 0.25) is 0 Å². The molecule has 5 heteroatoms. The molecule has 3 rings (SSSR count). The Labute approximate surface area is 112 Å². The summed E-state index contributed by atoms with van der Waals surface area (Å²) in [5, 5.41) is 7.40. The van der Waals surface area contributed by atoms with E-state index >= 15 is 0 Å². The predicted molar refractivity (Wildman–Crippen MR) is 70.6 cm³/mol. The Hall–Kier alpha value is -1.75. The van der Waals surface area contributed by atoms with E-state index in [1.165, 1.54) is 6.42 Å². The Bertz CT molecular complexity index is 505. The fraction of sp³-hybridized carbons (Fsp3) is 0.500. The van der Waals surface area contributed by atoms with Crippen LogP contribution in [0.15, 0.2) is 29.0 Å². The van der Waals surface area contributed by atoms with Crippen LogP contribution in [-0.4, -0.2) is 28.2 Å². The Balaban J connectivity index is 1.54. The number of nitrogens with one attached hydrogen (secondary N) is 1. The van der Waals surface area contributed by atoms with E-state index in [4.69, 9.17) is 4.52 Å². The predicted octanol–water partition coefficient (Wildman–Crippen LogP) is 1.60. The molecule has 19 heavy (non-hydrogen) atoms. The number of hydrogen-bond acceptors (Lipinski definition) is 5. The summed E-state index contributed by atoms with van der Waals surface area (Å²) in [7, 11) is 0. The third-order valence-corrected chi connectivity index (χ3v) is 3.52. The minimum Gasteiger partial charge on any atom is -0.339 e. The smallest absolute Gasteiger partial charge is 0.226 e. The van der Waals surface area contributed by atoms with Crippen molar-refractivity contribution in [2.45, 2.75) is 25.7 Å². The summed E-state index contributed by atoms with van der Waals surface area (Å²) >= 11 is 0. The Morgan fingerprint density at radius 2 is 2.42 bits per heavy atom. The maximum atomic E-state index is 5.29. The number of aryl methyl sites for hydroxylation is 1. The van der Waals surface area contributed by atoms with Gasteiger partial charge in [-0.1, -0.05) is 11.2 Å². The lowest BCUT2D eigenvalue weighted by molar-refractivity contribution is 0.361. The number of nitrogens with zero attached hydrogens (tertiary/aromatic N) is 3. The average molecular weight is 258 g/mol. The van der Waals surface area contributed by atoms with Crippen LogP contribution in [0.25, 0.3) is 0 Å². The summed E-state index contributed by atoms with van der Waals surface area (Å²) in [6.45, 7) is 2.26. The van der Waals surface area contributed by atoms with Crippen LogP contribution >= 0.6 is 0 Å². The van der Waals surface area contributed by atoms with Crippen molar-refractivity contribution in [1.29, 1.82) is 0 Å². The molecule has 0 bridgehead atoms. The first-order chi connectivity index (χ1) is 9.40. The quantitative estimate of drug-likeness (QED) is 0.882. The highest BCUT2D eigenvalue weighted by Gasteiger charge is 2.16. The highest BCUT2D eigenvalue weighted by molar-refractivity contribution is 5.13. The number of hydrogen-bond donors (Lipinski definition) is 1. The molecule has 0 aliphatic carbocycles. The van der Waals surface area contributed by atoms with Crippen molar-refractivity contribution < 1.29 is 4.52 Å². The Morgan fingerprint density at radius 3 is 3.21 bits per heavy atom. The molecule has 0 saturated carbocycles. The number of rotatable bonds is 5. The van der Waals surface area contributed by atoms with E-state index < -0.39 is 0 Å². The van der Waals surface area contributed by atoms with Crippen molar-refractivity contribution >= 4 is 0 Å². The second-order valence-corrected chi connectivity index (χ2v) is 5.04. The van der Waals surface area contributed by atoms with E-state index in [1.807, 2.05) is 18.3 Å². The van der Waals surface area contributed by atoms with Crippen LogP contribution in [0.3, 0.4) is 0 Å². The van der Waals surface area contributed by atoms with E-state index in [-0.39, 0.29) is 0 Å². The molecule has 100 valence electrons. The van der Waals surface area contributed by atoms with Gasteiger partial charge in [0.15, 0.2) is 5.82 Å². The number of aromatic nitrogens is 3. The molecular formula is C14H18N4O. The van der Waals surface area contributed by atoms with E-state index in [9.17, 15) is 0 Å². The minimum absolute atomic E-state index is 0.683. The number of pyridine rings is 1. The summed E-state index contributed by atoms with van der Waals surface area (Å²) in [6, 6.07) is 3.94. The van der Waals surface area contributed by atoms with Crippen molar-refractivity contribution in [3.05, 3.63) is 41.8 Å². The molecule has 5 nitrogen and oxygen atoms in total. The molecule has 0 spiro atoms. The molecule has 1 aliphatic rings. The summed E-state index contributed by atoms with van der Waals surface area (Å²) in [6.07, 6.45) is 7.55. The molecular weight excluding hydrogens is 240 g/mol. The molecule has 3 heterocycles. The van der Waals surface area contributed by atoms with Crippen molar-refractivity contribution in [1.82, 2.24) is 20.4 Å². The largest absolute Gasteiger partial charge is 0.339 e. The molecule has 1 N–H and O–H groups in total. The molecule has 1 aliphatic heterocycles. The van der Waals surface area contributed by atoms with Gasteiger partial charge in [0.2, 0.25) is 5.89 Å². The summed E-state index contributed by atoms with van der Waals surface area (Å²) < 4.78 is 5.29. The molecule has 0 amide bonds. The normalized spacial score (nSPS) is 18.8. The van der Waals surface area contributed by atoms with Crippen LogP contribution in [0.1, 0.15) is 30.1 Å². The minimum atomic E-state index is 0.683. The van der Waals surface area contributed by atoms with Crippen LogP contribution in [0.4, 0.5) is 0 Å². The summed E-state index contributed by atoms with van der Waals surface area (Å²) in [5.41, 5.74) is 1.11. The van der Waals surface area contributed by atoms with Crippen LogP contribution in [-0.2, 0) is 12.8 Å². The SMILES string of the molecule is c1cncc(Cc2noc(CCC3CCNC3)n2)c1. The molecule has 2 aromatic rings. The molecule has 1 fully saturated rings. The van der Waals surface area contributed by atoms with Crippen molar-refractivity contribution in [3.63, 3.8) is 0 Å². The topological polar surface area (TPSA) is 63.8 Å². The van der Waals surface area contributed by atoms with Gasteiger partial charge in [-0.15, -0.1) is 0 Å². The van der Waals surface area contributed by atoms with Gasteiger partial charge in [0.05, 0.1) is 0 Å². The third kappa shape index (κ3) is 3.38. The molecule has 0 radical (unpaired) electrons. The summed E-state index contributed by atoms with van der Waals surface area (Å²) in [4.78, 5) is 8.52. The molecule has 0 aromatic carbocycles. The average Bonchev–Trinajstić information content (AvgIpc) is 3.09. The zero-order valence-electron chi connectivity index (χ0n) is 10.9. The fourth-order valence-electron chi connectivity index (χ4n) is 2.44. The lowest BCUT2D eigenvalue weighted by Gasteiger charge is -2.03. The standard InChI is InChI=1S/C14H18N4O/c1-2-12(10-15-6-1)8-13-17-14(19-18-13)4-3-11-5-7-16-9-11/h1-2,6,10-11,16H,3-5,7-9H2. The Morgan fingerprint density at radius 1 is 1.42 bits per heavy atom. The first kappa shape index (κ1) is 12.3. The Kier molecular flexibility index (Phi) is 3.83. The third-order valence-electron chi connectivity index (χ3n) is 3.52. The zero-order valence-corrected chi connectivity index (χ0v) is 10.9. The fourth-order valence-corrected chi connectivity index (χ4v) is 2.44. The summed E-state index contributed by atoms with van der Waals surface area (Å²) in [5.74, 6) is 2.26. The van der Waals surface area contributed by atoms with Gasteiger partial charge in [0.25, 0.3) is 0 Å². The van der Waals surface area contributed by atoms with E-state index in [0.717, 1.165) is 49.1 Å². The maximum Gasteiger partial charge on any atom is 0.226 e. The van der Waals surface area contributed by atoms with Gasteiger partial charge in [-0.05, 0) is 43.5 Å². The van der Waals surface area contributed by atoms with E-state index in [0.29, 0.717) is 6.42 Å². The van der Waals surface area contributed by atoms with Gasteiger partial charge in [0, 0.05) is 25.2 Å². The van der Waals surface area contributed by atoms with Gasteiger partial charge in [-0.25, -0.2) is 0 Å². The van der Waals surface area contributed by atoms with Gasteiger partial charge >= 0.3 is 0 Å². The van der Waals surface area contributed by atoms with Crippen molar-refractivity contribution in [2.75, 3.05) is 13.1 Å². The molecule has 2 aromatic heterocycles. The zero-order chi connectivity index (χ0) is 12.9. The van der Waals surface area contributed by atoms with Crippen molar-refractivity contribution in [2.24, 2.45) is 5.92 Å². The second-order valence-electron chi connectivity index (χ2n) is 5.04. The van der Waals surface area contributed by atoms with Crippen LogP contribution < -0.4 is 5.32 Å². The lowest BCUT2D eigenvalue weighted by atomic mass is 10.0. The van der Waals surface area contributed by atoms with Crippen molar-refractivity contribution in [3.8, 4) is 0 Å². The van der Waals surface area contributed by atoms with Gasteiger partial charge in [-0.2, -0.15) is 4.98 Å². The van der Waals surface area contributed by atoms with Crippen LogP contribution in [0.5, 0.6) is 0 Å². The van der Waals surface area contributed by atoms with Crippen LogP contribution in [0, 0.1) is 5.92 Å². The monoisotopic (exact) mass is 258 g/mol. The van der Waals surface area contributed by atoms with E-state index in [2.05, 4.69) is 20.4 Å². The second kappa shape index (κ2) is 5.93. The van der Waals surface area contributed by atoms with Gasteiger partial charge in [0.1, 0.15) is 0 Å². The van der Waals surface area contributed by atoms with E-state index in [1.54, 1.807) is 6.20 Å². The first-order valence-corrected chi connectivity index (χ1v) is 6.81. The highest BCUT2D eigenvalue weighted by atomic mass is 16.5.